The Balaban J connectivity index is 2.27. The van der Waals surface area contributed by atoms with Crippen LogP contribution >= 0.6 is 0 Å². The van der Waals surface area contributed by atoms with Crippen LogP contribution in [0.2, 0.25) is 0 Å². The van der Waals surface area contributed by atoms with Gasteiger partial charge in [-0.15, -0.1) is 0 Å². The second kappa shape index (κ2) is 4.17. The minimum atomic E-state index is -0.0772. The van der Waals surface area contributed by atoms with Crippen LogP contribution in [0, 0.1) is 12.7 Å². The fourth-order valence-corrected chi connectivity index (χ4v) is 2.72. The third-order valence-corrected chi connectivity index (χ3v) is 4.02. The minimum absolute atomic E-state index is 0.0772. The van der Waals surface area contributed by atoms with Crippen LogP contribution in [0.5, 0.6) is 0 Å². The van der Waals surface area contributed by atoms with E-state index in [4.69, 9.17) is 0 Å². The fourth-order valence-electron chi connectivity index (χ4n) is 2.72. The number of rotatable bonds is 2. The average molecular weight is 221 g/mol. The van der Waals surface area contributed by atoms with Gasteiger partial charge in [-0.25, -0.2) is 4.39 Å². The van der Waals surface area contributed by atoms with Gasteiger partial charge in [0.2, 0.25) is 0 Å². The van der Waals surface area contributed by atoms with Crippen LogP contribution in [0.4, 0.5) is 4.39 Å². The lowest BCUT2D eigenvalue weighted by Crippen LogP contribution is -2.25. The van der Waals surface area contributed by atoms with Gasteiger partial charge in [0.25, 0.3) is 0 Å². The molecule has 1 aliphatic rings. The van der Waals surface area contributed by atoms with E-state index in [1.54, 1.807) is 6.07 Å². The highest BCUT2D eigenvalue weighted by Gasteiger charge is 2.35. The summed E-state index contributed by atoms with van der Waals surface area (Å²) in [4.78, 5) is 0. The first-order chi connectivity index (χ1) is 7.55. The highest BCUT2D eigenvalue weighted by molar-refractivity contribution is 5.30. The third kappa shape index (κ3) is 1.99. The molecular formula is C14H20FN. The molecule has 0 amide bonds. The second-order valence-corrected chi connectivity index (χ2v) is 5.25. The smallest absolute Gasteiger partial charge is 0.126 e. The van der Waals surface area contributed by atoms with E-state index >= 15 is 0 Å². The van der Waals surface area contributed by atoms with Gasteiger partial charge in [-0.05, 0) is 55.8 Å². The first-order valence-electron chi connectivity index (χ1n) is 5.99. The summed E-state index contributed by atoms with van der Waals surface area (Å²) < 4.78 is 13.6. The highest BCUT2D eigenvalue weighted by Crippen LogP contribution is 2.40. The van der Waals surface area contributed by atoms with Gasteiger partial charge in [0.05, 0.1) is 0 Å². The molecule has 1 aromatic rings. The van der Waals surface area contributed by atoms with Crippen molar-refractivity contribution in [1.82, 2.24) is 5.32 Å². The van der Waals surface area contributed by atoms with Crippen molar-refractivity contribution in [3.63, 3.8) is 0 Å². The molecule has 0 aliphatic heterocycles. The maximum absolute atomic E-state index is 13.6. The SMILES string of the molecule is CNC1CCC(C)(c2ccc(C)c(F)c2)C1. The van der Waals surface area contributed by atoms with Crippen LogP contribution in [-0.4, -0.2) is 13.1 Å². The molecule has 2 rings (SSSR count). The van der Waals surface area contributed by atoms with E-state index in [9.17, 15) is 4.39 Å². The van der Waals surface area contributed by atoms with Gasteiger partial charge in [-0.2, -0.15) is 0 Å². The van der Waals surface area contributed by atoms with E-state index in [0.29, 0.717) is 6.04 Å². The van der Waals surface area contributed by atoms with E-state index in [-0.39, 0.29) is 11.2 Å². The van der Waals surface area contributed by atoms with Gasteiger partial charge in [0.15, 0.2) is 0 Å². The molecule has 1 N–H and O–H groups in total. The van der Waals surface area contributed by atoms with Crippen LogP contribution < -0.4 is 5.32 Å². The number of hydrogen-bond acceptors (Lipinski definition) is 1. The molecule has 1 aromatic carbocycles. The maximum atomic E-state index is 13.6. The van der Waals surface area contributed by atoms with E-state index in [2.05, 4.69) is 18.3 Å². The molecular weight excluding hydrogens is 201 g/mol. The van der Waals surface area contributed by atoms with Crippen molar-refractivity contribution in [3.05, 3.63) is 35.1 Å². The van der Waals surface area contributed by atoms with Crippen LogP contribution in [-0.2, 0) is 5.41 Å². The standard InChI is InChI=1S/C14H20FN/c1-10-4-5-11(8-13(10)15)14(2)7-6-12(9-14)16-3/h4-5,8,12,16H,6-7,9H2,1-3H3. The molecule has 0 aromatic heterocycles. The normalized spacial score (nSPS) is 29.6. The topological polar surface area (TPSA) is 12.0 Å². The van der Waals surface area contributed by atoms with Crippen molar-refractivity contribution in [2.24, 2.45) is 0 Å². The molecule has 1 saturated carbocycles. The predicted octanol–water partition coefficient (Wildman–Crippen LogP) is 3.16. The number of aryl methyl sites for hydroxylation is 1. The van der Waals surface area contributed by atoms with Crippen LogP contribution in [0.1, 0.15) is 37.3 Å². The number of benzene rings is 1. The molecule has 1 nitrogen and oxygen atoms in total. The summed E-state index contributed by atoms with van der Waals surface area (Å²) in [5.74, 6) is -0.0772. The van der Waals surface area contributed by atoms with E-state index in [1.165, 1.54) is 6.42 Å². The Bertz CT molecular complexity index is 388. The zero-order valence-electron chi connectivity index (χ0n) is 10.3. The molecule has 0 saturated heterocycles. The largest absolute Gasteiger partial charge is 0.317 e. The first kappa shape index (κ1) is 11.6. The van der Waals surface area contributed by atoms with Gasteiger partial charge >= 0.3 is 0 Å². The first-order valence-corrected chi connectivity index (χ1v) is 5.99. The molecule has 2 heteroatoms. The monoisotopic (exact) mass is 221 g/mol. The van der Waals surface area contributed by atoms with Crippen LogP contribution in [0.3, 0.4) is 0 Å². The van der Waals surface area contributed by atoms with Crippen molar-refractivity contribution in [3.8, 4) is 0 Å². The fraction of sp³-hybridized carbons (Fsp3) is 0.571. The maximum Gasteiger partial charge on any atom is 0.126 e. The lowest BCUT2D eigenvalue weighted by atomic mass is 9.80. The van der Waals surface area contributed by atoms with Gasteiger partial charge in [-0.1, -0.05) is 19.1 Å². The van der Waals surface area contributed by atoms with E-state index in [1.807, 2.05) is 20.0 Å². The molecule has 88 valence electrons. The lowest BCUT2D eigenvalue weighted by Gasteiger charge is -2.25. The summed E-state index contributed by atoms with van der Waals surface area (Å²) in [7, 11) is 2.01. The Kier molecular flexibility index (Phi) is 3.02. The Labute approximate surface area is 97.1 Å². The Morgan fingerprint density at radius 3 is 2.75 bits per heavy atom. The van der Waals surface area contributed by atoms with Crippen LogP contribution in [0.15, 0.2) is 18.2 Å². The Hall–Kier alpha value is -0.890. The summed E-state index contributed by atoms with van der Waals surface area (Å²) in [5, 5.41) is 3.32. The van der Waals surface area contributed by atoms with E-state index < -0.39 is 0 Å². The predicted molar refractivity (Wildman–Crippen MR) is 65.2 cm³/mol. The molecule has 16 heavy (non-hydrogen) atoms. The van der Waals surface area contributed by atoms with Gasteiger partial charge in [0, 0.05) is 6.04 Å². The molecule has 0 heterocycles. The summed E-state index contributed by atoms with van der Waals surface area (Å²) >= 11 is 0. The Morgan fingerprint density at radius 2 is 2.19 bits per heavy atom. The van der Waals surface area contributed by atoms with Crippen molar-refractivity contribution < 1.29 is 4.39 Å². The Morgan fingerprint density at radius 1 is 1.44 bits per heavy atom. The van der Waals surface area contributed by atoms with Gasteiger partial charge in [-0.3, -0.25) is 0 Å². The van der Waals surface area contributed by atoms with Gasteiger partial charge in [0.1, 0.15) is 5.82 Å². The van der Waals surface area contributed by atoms with Crippen molar-refractivity contribution in [2.45, 2.75) is 44.6 Å². The molecule has 2 unspecified atom stereocenters. The summed E-state index contributed by atoms with van der Waals surface area (Å²) in [5.41, 5.74) is 2.02. The summed E-state index contributed by atoms with van der Waals surface area (Å²) in [6, 6.07) is 6.27. The molecule has 0 bridgehead atoms. The number of nitrogens with one attached hydrogen (secondary N) is 1. The van der Waals surface area contributed by atoms with E-state index in [0.717, 1.165) is 24.0 Å². The molecule has 0 spiro atoms. The second-order valence-electron chi connectivity index (χ2n) is 5.25. The number of hydrogen-bond donors (Lipinski definition) is 1. The molecule has 0 radical (unpaired) electrons. The molecule has 2 atom stereocenters. The van der Waals surface area contributed by atoms with Crippen molar-refractivity contribution in [1.29, 1.82) is 0 Å². The quantitative estimate of drug-likeness (QED) is 0.809. The molecule has 1 aliphatic carbocycles. The lowest BCUT2D eigenvalue weighted by molar-refractivity contribution is 0.463. The third-order valence-electron chi connectivity index (χ3n) is 4.02. The van der Waals surface area contributed by atoms with Crippen LogP contribution in [0.25, 0.3) is 0 Å². The average Bonchev–Trinajstić information content (AvgIpc) is 2.66. The summed E-state index contributed by atoms with van der Waals surface area (Å²) in [6.07, 6.45) is 3.43. The molecule has 1 fully saturated rings. The summed E-state index contributed by atoms with van der Waals surface area (Å²) in [6.45, 7) is 4.06. The highest BCUT2D eigenvalue weighted by atomic mass is 19.1. The van der Waals surface area contributed by atoms with Crippen molar-refractivity contribution in [2.75, 3.05) is 7.05 Å². The van der Waals surface area contributed by atoms with Gasteiger partial charge < -0.3 is 5.32 Å². The zero-order valence-corrected chi connectivity index (χ0v) is 10.3. The zero-order chi connectivity index (χ0) is 11.8. The minimum Gasteiger partial charge on any atom is -0.317 e. The number of halogens is 1. The van der Waals surface area contributed by atoms with Crippen molar-refractivity contribution >= 4 is 0 Å².